The molecule has 0 aliphatic carbocycles. The van der Waals surface area contributed by atoms with Gasteiger partial charge in [0.2, 0.25) is 0 Å². The summed E-state index contributed by atoms with van der Waals surface area (Å²) >= 11 is 0. The van der Waals surface area contributed by atoms with Gasteiger partial charge in [0.15, 0.2) is 5.82 Å². The van der Waals surface area contributed by atoms with Crippen LogP contribution in [-0.4, -0.2) is 70.0 Å². The molecule has 2 fully saturated rings. The van der Waals surface area contributed by atoms with Crippen molar-refractivity contribution in [3.8, 4) is 5.75 Å². The van der Waals surface area contributed by atoms with Crippen molar-refractivity contribution in [1.29, 1.82) is 0 Å². The van der Waals surface area contributed by atoms with Crippen molar-refractivity contribution in [3.05, 3.63) is 18.2 Å². The average molecular weight is 414 g/mol. The molecule has 0 radical (unpaired) electrons. The van der Waals surface area contributed by atoms with E-state index in [4.69, 9.17) is 5.10 Å². The van der Waals surface area contributed by atoms with E-state index in [9.17, 15) is 5.11 Å². The molecule has 1 unspecified atom stereocenters. The second kappa shape index (κ2) is 10.5. The van der Waals surface area contributed by atoms with E-state index in [1.807, 2.05) is 12.1 Å². The maximum atomic E-state index is 10.0. The molecule has 0 spiro atoms. The Kier molecular flexibility index (Phi) is 7.50. The Morgan fingerprint density at radius 2 is 1.73 bits per heavy atom. The van der Waals surface area contributed by atoms with E-state index in [2.05, 4.69) is 26.7 Å². The standard InChI is InChI=1S/C24H39N5O/c1-20(28-16-6-3-7-17-28)11-18-29-23-10-9-21(30)19-22(23)24(26-29)25-12-8-15-27-13-4-2-5-14-27/h9-10,19-20,30H,2-8,11-18H2,1H3,(H,25,26). The molecule has 6 heteroatoms. The average Bonchev–Trinajstić information content (AvgIpc) is 3.13. The van der Waals surface area contributed by atoms with E-state index in [0.717, 1.165) is 49.2 Å². The first kappa shape index (κ1) is 21.4. The van der Waals surface area contributed by atoms with Crippen molar-refractivity contribution in [3.63, 3.8) is 0 Å². The third-order valence-corrected chi connectivity index (χ3v) is 6.90. The molecule has 2 aromatic rings. The summed E-state index contributed by atoms with van der Waals surface area (Å²) in [4.78, 5) is 5.20. The Hall–Kier alpha value is -1.79. The van der Waals surface area contributed by atoms with E-state index in [0.29, 0.717) is 11.8 Å². The smallest absolute Gasteiger partial charge is 0.156 e. The van der Waals surface area contributed by atoms with Crippen molar-refractivity contribution in [2.24, 2.45) is 0 Å². The number of piperidine rings is 2. The highest BCUT2D eigenvalue weighted by molar-refractivity contribution is 5.91. The Morgan fingerprint density at radius 1 is 1.00 bits per heavy atom. The first-order chi connectivity index (χ1) is 14.7. The lowest BCUT2D eigenvalue weighted by molar-refractivity contribution is 0.162. The molecule has 6 nitrogen and oxygen atoms in total. The normalized spacial score (nSPS) is 19.9. The van der Waals surface area contributed by atoms with Crippen LogP contribution in [0, 0.1) is 0 Å². The lowest BCUT2D eigenvalue weighted by Crippen LogP contribution is -2.37. The number of aromatic hydroxyl groups is 1. The highest BCUT2D eigenvalue weighted by atomic mass is 16.3. The van der Waals surface area contributed by atoms with Gasteiger partial charge in [-0.2, -0.15) is 5.10 Å². The summed E-state index contributed by atoms with van der Waals surface area (Å²) in [5, 5.41) is 19.5. The summed E-state index contributed by atoms with van der Waals surface area (Å²) in [6.07, 6.45) is 10.3. The monoisotopic (exact) mass is 413 g/mol. The van der Waals surface area contributed by atoms with Crippen molar-refractivity contribution in [2.75, 3.05) is 44.6 Å². The summed E-state index contributed by atoms with van der Waals surface area (Å²) in [6, 6.07) is 6.21. The van der Waals surface area contributed by atoms with E-state index in [1.54, 1.807) is 6.07 Å². The van der Waals surface area contributed by atoms with Gasteiger partial charge < -0.3 is 20.2 Å². The number of rotatable bonds is 9. The fraction of sp³-hybridized carbons (Fsp3) is 0.708. The van der Waals surface area contributed by atoms with Crippen molar-refractivity contribution < 1.29 is 5.11 Å². The van der Waals surface area contributed by atoms with Crippen LogP contribution in [0.25, 0.3) is 10.9 Å². The molecule has 0 amide bonds. The van der Waals surface area contributed by atoms with Crippen molar-refractivity contribution in [2.45, 2.75) is 70.9 Å². The molecule has 2 aliphatic heterocycles. The minimum atomic E-state index is 0.306. The van der Waals surface area contributed by atoms with Crippen molar-refractivity contribution in [1.82, 2.24) is 19.6 Å². The van der Waals surface area contributed by atoms with Crippen LogP contribution in [0.4, 0.5) is 5.82 Å². The van der Waals surface area contributed by atoms with Crippen LogP contribution in [0.3, 0.4) is 0 Å². The number of anilines is 1. The van der Waals surface area contributed by atoms with Gasteiger partial charge in [-0.25, -0.2) is 0 Å². The fourth-order valence-electron chi connectivity index (χ4n) is 5.01. The molecule has 2 N–H and O–H groups in total. The predicted octanol–water partition coefficient (Wildman–Crippen LogP) is 4.29. The number of nitrogens with one attached hydrogen (secondary N) is 1. The van der Waals surface area contributed by atoms with Crippen LogP contribution in [0.1, 0.15) is 58.3 Å². The maximum absolute atomic E-state index is 10.0. The molecular formula is C24H39N5O. The second-order valence-electron chi connectivity index (χ2n) is 9.19. The van der Waals surface area contributed by atoms with Gasteiger partial charge in [-0.1, -0.05) is 12.8 Å². The number of hydrogen-bond donors (Lipinski definition) is 2. The third kappa shape index (κ3) is 5.46. The molecule has 4 rings (SSSR count). The largest absolute Gasteiger partial charge is 0.508 e. The number of nitrogens with zero attached hydrogens (tertiary/aromatic N) is 4. The highest BCUT2D eigenvalue weighted by Crippen LogP contribution is 2.27. The molecule has 2 aliphatic rings. The van der Waals surface area contributed by atoms with Crippen LogP contribution in [0.5, 0.6) is 5.75 Å². The number of hydrogen-bond acceptors (Lipinski definition) is 5. The topological polar surface area (TPSA) is 56.6 Å². The molecule has 0 saturated carbocycles. The zero-order valence-electron chi connectivity index (χ0n) is 18.7. The zero-order valence-corrected chi connectivity index (χ0v) is 18.7. The number of phenols is 1. The molecule has 0 bridgehead atoms. The molecule has 30 heavy (non-hydrogen) atoms. The Morgan fingerprint density at radius 3 is 2.50 bits per heavy atom. The minimum absolute atomic E-state index is 0.306. The number of aromatic nitrogens is 2. The summed E-state index contributed by atoms with van der Waals surface area (Å²) in [5.74, 6) is 1.21. The number of aryl methyl sites for hydroxylation is 1. The first-order valence-corrected chi connectivity index (χ1v) is 12.1. The van der Waals surface area contributed by atoms with Crippen LogP contribution in [-0.2, 0) is 6.54 Å². The van der Waals surface area contributed by atoms with Gasteiger partial charge in [-0.05, 0) is 96.4 Å². The Bertz CT molecular complexity index is 792. The SMILES string of the molecule is CC(CCn1nc(NCCCN2CCCCC2)c2cc(O)ccc21)N1CCCCC1. The quantitative estimate of drug-likeness (QED) is 0.601. The number of phenolic OH excluding ortho intramolecular Hbond substituents is 1. The third-order valence-electron chi connectivity index (χ3n) is 6.90. The summed E-state index contributed by atoms with van der Waals surface area (Å²) in [5.41, 5.74) is 1.11. The molecule has 3 heterocycles. The van der Waals surface area contributed by atoms with Gasteiger partial charge in [-0.3, -0.25) is 4.68 Å². The number of benzene rings is 1. The van der Waals surface area contributed by atoms with Crippen molar-refractivity contribution >= 4 is 16.7 Å². The maximum Gasteiger partial charge on any atom is 0.156 e. The molecule has 1 aromatic carbocycles. The van der Waals surface area contributed by atoms with Crippen LogP contribution >= 0.6 is 0 Å². The van der Waals surface area contributed by atoms with Gasteiger partial charge in [0.25, 0.3) is 0 Å². The molecule has 166 valence electrons. The number of likely N-dealkylation sites (tertiary alicyclic amines) is 2. The van der Waals surface area contributed by atoms with Crippen LogP contribution in [0.2, 0.25) is 0 Å². The van der Waals surface area contributed by atoms with Gasteiger partial charge in [0, 0.05) is 24.5 Å². The lowest BCUT2D eigenvalue weighted by atomic mass is 10.1. The second-order valence-corrected chi connectivity index (χ2v) is 9.19. The summed E-state index contributed by atoms with van der Waals surface area (Å²) < 4.78 is 2.13. The number of fused-ring (bicyclic) bond motifs is 1. The van der Waals surface area contributed by atoms with E-state index >= 15 is 0 Å². The summed E-state index contributed by atoms with van der Waals surface area (Å²) in [7, 11) is 0. The lowest BCUT2D eigenvalue weighted by Gasteiger charge is -2.32. The first-order valence-electron chi connectivity index (χ1n) is 12.1. The van der Waals surface area contributed by atoms with Crippen LogP contribution in [0.15, 0.2) is 18.2 Å². The predicted molar refractivity (Wildman–Crippen MR) is 124 cm³/mol. The molecule has 2 saturated heterocycles. The van der Waals surface area contributed by atoms with Gasteiger partial charge in [0.1, 0.15) is 5.75 Å². The van der Waals surface area contributed by atoms with Gasteiger partial charge in [-0.15, -0.1) is 0 Å². The zero-order chi connectivity index (χ0) is 20.8. The van der Waals surface area contributed by atoms with Crippen LogP contribution < -0.4 is 5.32 Å². The van der Waals surface area contributed by atoms with Gasteiger partial charge >= 0.3 is 0 Å². The highest BCUT2D eigenvalue weighted by Gasteiger charge is 2.18. The summed E-state index contributed by atoms with van der Waals surface area (Å²) in [6.45, 7) is 10.3. The molecule has 1 aromatic heterocycles. The Labute approximate surface area is 181 Å². The van der Waals surface area contributed by atoms with E-state index in [-0.39, 0.29) is 0 Å². The minimum Gasteiger partial charge on any atom is -0.508 e. The molecular weight excluding hydrogens is 374 g/mol. The van der Waals surface area contributed by atoms with Gasteiger partial charge in [0.05, 0.1) is 5.52 Å². The molecule has 1 atom stereocenters. The fourth-order valence-corrected chi connectivity index (χ4v) is 5.01. The van der Waals surface area contributed by atoms with E-state index in [1.165, 1.54) is 64.7 Å². The Balaban J connectivity index is 1.36. The van der Waals surface area contributed by atoms with E-state index < -0.39 is 0 Å².